The number of rotatable bonds is 7. The van der Waals surface area contributed by atoms with Crippen LogP contribution in [0, 0.1) is 5.92 Å². The Morgan fingerprint density at radius 3 is 1.66 bits per heavy atom. The summed E-state index contributed by atoms with van der Waals surface area (Å²) in [6.45, 7) is 1.98. The van der Waals surface area contributed by atoms with Crippen molar-refractivity contribution in [1.29, 1.82) is 0 Å². The molecule has 2 unspecified atom stereocenters. The molecule has 4 atom stereocenters. The molecule has 0 saturated carbocycles. The molecule has 1 saturated heterocycles. The second kappa shape index (κ2) is 9.37. The normalized spacial score (nSPS) is 23.1. The van der Waals surface area contributed by atoms with Gasteiger partial charge in [-0.2, -0.15) is 0 Å². The fraction of sp³-hybridized carbons (Fsp3) is 0.308. The second-order valence-corrected chi connectivity index (χ2v) is 8.18. The van der Waals surface area contributed by atoms with E-state index in [0.29, 0.717) is 0 Å². The minimum Gasteiger partial charge on any atom is -0.497 e. The zero-order valence-electron chi connectivity index (χ0n) is 18.9. The van der Waals surface area contributed by atoms with E-state index in [1.54, 1.807) is 14.2 Å². The van der Waals surface area contributed by atoms with Gasteiger partial charge in [-0.25, -0.2) is 0 Å². The molecule has 5 nitrogen and oxygen atoms in total. The zero-order valence-corrected chi connectivity index (χ0v) is 18.9. The van der Waals surface area contributed by atoms with Crippen LogP contribution in [0.1, 0.15) is 23.6 Å². The zero-order chi connectivity index (χ0) is 22.7. The van der Waals surface area contributed by atoms with Gasteiger partial charge in [0.25, 0.3) is 0 Å². The highest BCUT2D eigenvalue weighted by Crippen LogP contribution is 2.44. The van der Waals surface area contributed by atoms with Gasteiger partial charge in [0.15, 0.2) is 6.29 Å². The number of ether oxygens (including phenoxy) is 4. The lowest BCUT2D eigenvalue weighted by Gasteiger charge is -2.38. The predicted molar refractivity (Wildman–Crippen MR) is 126 cm³/mol. The van der Waals surface area contributed by atoms with Gasteiger partial charge in [-0.3, -0.25) is 0 Å². The average Bonchev–Trinajstić information content (AvgIpc) is 3.09. The summed E-state index contributed by atoms with van der Waals surface area (Å²) in [5.74, 6) is 1.47. The maximum Gasteiger partial charge on any atom is 0.185 e. The lowest BCUT2D eigenvalue weighted by Crippen LogP contribution is -2.41. The summed E-state index contributed by atoms with van der Waals surface area (Å²) in [6.07, 6.45) is -1.53. The largest absolute Gasteiger partial charge is 0.497 e. The first kappa shape index (κ1) is 22.4. The summed E-state index contributed by atoms with van der Waals surface area (Å²) in [5, 5.41) is 10.9. The van der Waals surface area contributed by atoms with Gasteiger partial charge in [-0.15, -0.1) is 0 Å². The third-order valence-electron chi connectivity index (χ3n) is 6.37. The maximum absolute atomic E-state index is 10.9. The molecule has 1 aliphatic heterocycles. The van der Waals surface area contributed by atoms with Crippen LogP contribution in [0.2, 0.25) is 0 Å². The number of aliphatic hydroxyl groups is 1. The smallest absolute Gasteiger partial charge is 0.185 e. The topological polar surface area (TPSA) is 57.2 Å². The minimum atomic E-state index is -1.02. The fourth-order valence-corrected chi connectivity index (χ4v) is 4.24. The average molecular weight is 432 g/mol. The van der Waals surface area contributed by atoms with Crippen LogP contribution in [-0.4, -0.2) is 45.6 Å². The van der Waals surface area contributed by atoms with E-state index in [1.807, 2.05) is 93.6 Å². The summed E-state index contributed by atoms with van der Waals surface area (Å²) < 4.78 is 23.6. The Kier molecular flexibility index (Phi) is 6.56. The van der Waals surface area contributed by atoms with Gasteiger partial charge < -0.3 is 24.1 Å². The SMILES string of the molecule is B[C@H]1O[C@H](OC(c2ccccc2)(c2ccc(OC)cc2)c2ccc(OC)cc2)C(O)C1C. The van der Waals surface area contributed by atoms with E-state index in [4.69, 9.17) is 18.9 Å². The van der Waals surface area contributed by atoms with Gasteiger partial charge in [0.05, 0.1) is 14.2 Å². The van der Waals surface area contributed by atoms with E-state index in [-0.39, 0.29) is 11.9 Å². The minimum absolute atomic E-state index is 0.0415. The summed E-state index contributed by atoms with van der Waals surface area (Å²) in [6, 6.07) is 25.5. The molecule has 0 spiro atoms. The van der Waals surface area contributed by atoms with E-state index < -0.39 is 18.0 Å². The van der Waals surface area contributed by atoms with Gasteiger partial charge in [0.1, 0.15) is 31.1 Å². The van der Waals surface area contributed by atoms with Crippen molar-refractivity contribution in [3.05, 3.63) is 95.6 Å². The van der Waals surface area contributed by atoms with Gasteiger partial charge in [0.2, 0.25) is 0 Å². The van der Waals surface area contributed by atoms with Crippen LogP contribution in [0.25, 0.3) is 0 Å². The number of hydrogen-bond donors (Lipinski definition) is 1. The van der Waals surface area contributed by atoms with Crippen LogP contribution in [-0.2, 0) is 15.1 Å². The number of hydrogen-bond acceptors (Lipinski definition) is 5. The van der Waals surface area contributed by atoms with Crippen molar-refractivity contribution in [3.63, 3.8) is 0 Å². The summed E-state index contributed by atoms with van der Waals surface area (Å²) in [7, 11) is 5.25. The van der Waals surface area contributed by atoms with Crippen molar-refractivity contribution < 1.29 is 24.1 Å². The monoisotopic (exact) mass is 432 g/mol. The first-order valence-corrected chi connectivity index (χ1v) is 10.9. The maximum atomic E-state index is 10.9. The Hall–Kier alpha value is -2.80. The molecule has 0 aliphatic carbocycles. The van der Waals surface area contributed by atoms with Crippen molar-refractivity contribution in [2.24, 2.45) is 5.92 Å². The third-order valence-corrected chi connectivity index (χ3v) is 6.37. The molecule has 1 aliphatic rings. The number of benzene rings is 3. The second-order valence-electron chi connectivity index (χ2n) is 8.18. The molecule has 0 amide bonds. The van der Waals surface area contributed by atoms with Gasteiger partial charge in [-0.05, 0) is 41.0 Å². The molecule has 3 aromatic rings. The molecule has 0 bridgehead atoms. The van der Waals surface area contributed by atoms with E-state index in [1.165, 1.54) is 0 Å². The van der Waals surface area contributed by atoms with Crippen LogP contribution in [0.5, 0.6) is 11.5 Å². The summed E-state index contributed by atoms with van der Waals surface area (Å²) in [4.78, 5) is 0. The van der Waals surface area contributed by atoms with Crippen LogP contribution in [0.15, 0.2) is 78.9 Å². The van der Waals surface area contributed by atoms with E-state index in [0.717, 1.165) is 28.2 Å². The Morgan fingerprint density at radius 2 is 1.25 bits per heavy atom. The fourth-order valence-electron chi connectivity index (χ4n) is 4.24. The molecule has 1 fully saturated rings. The Labute approximate surface area is 190 Å². The Balaban J connectivity index is 1.92. The molecular weight excluding hydrogens is 403 g/mol. The molecule has 166 valence electrons. The third kappa shape index (κ3) is 4.02. The van der Waals surface area contributed by atoms with Crippen molar-refractivity contribution in [2.75, 3.05) is 14.2 Å². The lowest BCUT2D eigenvalue weighted by molar-refractivity contribution is -0.201. The van der Waals surface area contributed by atoms with Crippen molar-refractivity contribution in [1.82, 2.24) is 0 Å². The molecule has 32 heavy (non-hydrogen) atoms. The van der Waals surface area contributed by atoms with Gasteiger partial charge in [-0.1, -0.05) is 61.5 Å². The first-order valence-electron chi connectivity index (χ1n) is 10.9. The predicted octanol–water partition coefficient (Wildman–Crippen LogP) is 3.32. The first-order chi connectivity index (χ1) is 15.5. The highest BCUT2D eigenvalue weighted by atomic mass is 16.7. The molecule has 1 heterocycles. The molecule has 6 heteroatoms. The van der Waals surface area contributed by atoms with Crippen LogP contribution < -0.4 is 9.47 Å². The Bertz CT molecular complexity index is 959. The molecule has 0 aromatic heterocycles. The van der Waals surface area contributed by atoms with Crippen molar-refractivity contribution in [3.8, 4) is 11.5 Å². The van der Waals surface area contributed by atoms with Crippen molar-refractivity contribution >= 4 is 7.85 Å². The molecule has 4 rings (SSSR count). The van der Waals surface area contributed by atoms with Crippen LogP contribution >= 0.6 is 0 Å². The van der Waals surface area contributed by atoms with Crippen molar-refractivity contribution in [2.45, 2.75) is 30.9 Å². The molecule has 3 aromatic carbocycles. The lowest BCUT2D eigenvalue weighted by atomic mass is 9.79. The Morgan fingerprint density at radius 1 is 0.781 bits per heavy atom. The standard InChI is InChI=1S/C26H29BO5/c1-17-23(28)25(31-24(17)27)32-26(18-7-5-4-6-8-18,19-9-13-21(29-2)14-10-19)20-11-15-22(30-3)16-12-20/h4-17,23-25,28H,27H2,1-3H3/t17?,23?,24-,25+/m0/s1. The highest BCUT2D eigenvalue weighted by Gasteiger charge is 2.47. The molecule has 0 radical (unpaired) electrons. The number of aliphatic hydroxyl groups excluding tert-OH is 1. The molecule has 1 N–H and O–H groups in total. The van der Waals surface area contributed by atoms with E-state index >= 15 is 0 Å². The summed E-state index contributed by atoms with van der Waals surface area (Å²) in [5.41, 5.74) is 1.71. The van der Waals surface area contributed by atoms with E-state index in [2.05, 4.69) is 0 Å². The van der Waals surface area contributed by atoms with Gasteiger partial charge in [0, 0.05) is 11.9 Å². The quantitative estimate of drug-likeness (QED) is 0.459. The summed E-state index contributed by atoms with van der Waals surface area (Å²) >= 11 is 0. The van der Waals surface area contributed by atoms with Crippen LogP contribution in [0.3, 0.4) is 0 Å². The van der Waals surface area contributed by atoms with E-state index in [9.17, 15) is 5.11 Å². The van der Waals surface area contributed by atoms with Gasteiger partial charge >= 0.3 is 0 Å². The number of methoxy groups -OCH3 is 2. The molecular formula is C26H29BO5. The van der Waals surface area contributed by atoms with Crippen LogP contribution in [0.4, 0.5) is 0 Å². The highest BCUT2D eigenvalue weighted by molar-refractivity contribution is 6.11.